The van der Waals surface area contributed by atoms with Crippen LogP contribution in [0.2, 0.25) is 0 Å². The van der Waals surface area contributed by atoms with Crippen molar-refractivity contribution in [1.82, 2.24) is 19.7 Å². The standard InChI is InChI=1S/C25H30N4O/c1-17-7-5-8-20(11-17)13-21-12-18(2)27-24(14-21)22-9-6-10-29(16-22)25(30)23-15-26-28(4)19(23)3/h5,7-8,11-12,14-15,22H,6,9-10,13,16H2,1-4H3/t22-/m0/s1. The number of hydrogen-bond donors (Lipinski definition) is 0. The van der Waals surface area contributed by atoms with Gasteiger partial charge in [0.1, 0.15) is 0 Å². The van der Waals surface area contributed by atoms with Gasteiger partial charge in [-0.2, -0.15) is 5.10 Å². The maximum atomic E-state index is 13.1. The minimum atomic E-state index is 0.0814. The van der Waals surface area contributed by atoms with Crippen molar-refractivity contribution >= 4 is 5.91 Å². The topological polar surface area (TPSA) is 51.0 Å². The van der Waals surface area contributed by atoms with Crippen molar-refractivity contribution in [2.45, 2.75) is 46.0 Å². The van der Waals surface area contributed by atoms with E-state index in [-0.39, 0.29) is 11.8 Å². The quantitative estimate of drug-likeness (QED) is 0.652. The van der Waals surface area contributed by atoms with Gasteiger partial charge >= 0.3 is 0 Å². The second kappa shape index (κ2) is 8.42. The molecule has 5 heteroatoms. The van der Waals surface area contributed by atoms with Crippen LogP contribution >= 0.6 is 0 Å². The van der Waals surface area contributed by atoms with E-state index in [9.17, 15) is 4.79 Å². The number of piperidine rings is 1. The average molecular weight is 403 g/mol. The van der Waals surface area contributed by atoms with E-state index in [2.05, 4.69) is 55.3 Å². The molecule has 2 aromatic heterocycles. The number of amides is 1. The third-order valence-corrected chi connectivity index (χ3v) is 6.12. The van der Waals surface area contributed by atoms with Crippen molar-refractivity contribution < 1.29 is 4.79 Å². The highest BCUT2D eigenvalue weighted by Crippen LogP contribution is 2.28. The zero-order valence-corrected chi connectivity index (χ0v) is 18.4. The fourth-order valence-electron chi connectivity index (χ4n) is 4.42. The highest BCUT2D eigenvalue weighted by atomic mass is 16.2. The Morgan fingerprint density at radius 2 is 1.97 bits per heavy atom. The molecule has 0 bridgehead atoms. The Bertz CT molecular complexity index is 1070. The highest BCUT2D eigenvalue weighted by Gasteiger charge is 2.28. The van der Waals surface area contributed by atoms with Gasteiger partial charge in [0.2, 0.25) is 0 Å². The molecule has 3 heterocycles. The molecule has 0 saturated carbocycles. The van der Waals surface area contributed by atoms with E-state index in [1.165, 1.54) is 16.7 Å². The first kappa shape index (κ1) is 20.3. The summed E-state index contributed by atoms with van der Waals surface area (Å²) in [6, 6.07) is 13.1. The second-order valence-electron chi connectivity index (χ2n) is 8.57. The van der Waals surface area contributed by atoms with Crippen molar-refractivity contribution in [3.63, 3.8) is 0 Å². The van der Waals surface area contributed by atoms with Crippen LogP contribution in [0.1, 0.15) is 62.9 Å². The first-order valence-corrected chi connectivity index (χ1v) is 10.7. The molecule has 1 fully saturated rings. The fourth-order valence-corrected chi connectivity index (χ4v) is 4.42. The van der Waals surface area contributed by atoms with E-state index in [1.807, 2.05) is 18.9 Å². The summed E-state index contributed by atoms with van der Waals surface area (Å²) in [4.78, 5) is 19.9. The van der Waals surface area contributed by atoms with Gasteiger partial charge in [0.15, 0.2) is 0 Å². The summed E-state index contributed by atoms with van der Waals surface area (Å²) in [7, 11) is 1.87. The number of rotatable bonds is 4. The molecule has 1 aliphatic heterocycles. The van der Waals surface area contributed by atoms with Crippen LogP contribution in [-0.4, -0.2) is 38.7 Å². The van der Waals surface area contributed by atoms with Gasteiger partial charge in [-0.3, -0.25) is 14.5 Å². The third kappa shape index (κ3) is 4.30. The van der Waals surface area contributed by atoms with Crippen LogP contribution < -0.4 is 0 Å². The lowest BCUT2D eigenvalue weighted by atomic mass is 9.92. The number of nitrogens with zero attached hydrogens (tertiary/aromatic N) is 4. The van der Waals surface area contributed by atoms with Crippen LogP contribution in [-0.2, 0) is 13.5 Å². The molecule has 1 atom stereocenters. The van der Waals surface area contributed by atoms with Crippen LogP contribution in [0, 0.1) is 20.8 Å². The SMILES string of the molecule is Cc1cccc(Cc2cc(C)nc([C@H]3CCCN(C(=O)c4cnn(C)c4C)C3)c2)c1. The largest absolute Gasteiger partial charge is 0.338 e. The lowest BCUT2D eigenvalue weighted by Gasteiger charge is -2.32. The molecule has 3 aromatic rings. The molecule has 1 amide bonds. The van der Waals surface area contributed by atoms with Crippen molar-refractivity contribution in [2.24, 2.45) is 7.05 Å². The first-order chi connectivity index (χ1) is 14.4. The maximum absolute atomic E-state index is 13.1. The van der Waals surface area contributed by atoms with Crippen molar-refractivity contribution in [2.75, 3.05) is 13.1 Å². The van der Waals surface area contributed by atoms with E-state index in [1.54, 1.807) is 10.9 Å². The molecule has 156 valence electrons. The Morgan fingerprint density at radius 1 is 1.13 bits per heavy atom. The van der Waals surface area contributed by atoms with Gasteiger partial charge in [0.25, 0.3) is 5.91 Å². The van der Waals surface area contributed by atoms with Gasteiger partial charge in [-0.25, -0.2) is 0 Å². The summed E-state index contributed by atoms with van der Waals surface area (Å²) in [5.41, 5.74) is 7.66. The van der Waals surface area contributed by atoms with Crippen LogP contribution in [0.4, 0.5) is 0 Å². The molecule has 1 aliphatic rings. The van der Waals surface area contributed by atoms with E-state index in [0.29, 0.717) is 12.1 Å². The van der Waals surface area contributed by atoms with E-state index in [4.69, 9.17) is 4.98 Å². The summed E-state index contributed by atoms with van der Waals surface area (Å²) in [6.45, 7) is 7.65. The van der Waals surface area contributed by atoms with Gasteiger partial charge in [-0.1, -0.05) is 29.8 Å². The first-order valence-electron chi connectivity index (χ1n) is 10.7. The predicted octanol–water partition coefficient (Wildman–Crippen LogP) is 4.35. The summed E-state index contributed by atoms with van der Waals surface area (Å²) >= 11 is 0. The van der Waals surface area contributed by atoms with Crippen molar-refractivity contribution in [3.05, 3.63) is 81.9 Å². The van der Waals surface area contributed by atoms with Crippen LogP contribution in [0.15, 0.2) is 42.6 Å². The zero-order chi connectivity index (χ0) is 21.3. The maximum Gasteiger partial charge on any atom is 0.257 e. The third-order valence-electron chi connectivity index (χ3n) is 6.12. The van der Waals surface area contributed by atoms with E-state index < -0.39 is 0 Å². The van der Waals surface area contributed by atoms with Gasteiger partial charge in [-0.15, -0.1) is 0 Å². The number of carbonyl (C=O) groups is 1. The molecule has 1 saturated heterocycles. The predicted molar refractivity (Wildman–Crippen MR) is 119 cm³/mol. The van der Waals surface area contributed by atoms with Crippen LogP contribution in [0.5, 0.6) is 0 Å². The molecule has 0 radical (unpaired) electrons. The Balaban J connectivity index is 1.54. The van der Waals surface area contributed by atoms with Gasteiger partial charge in [-0.05, 0) is 63.3 Å². The molecule has 5 nitrogen and oxygen atoms in total. The van der Waals surface area contributed by atoms with E-state index in [0.717, 1.165) is 42.9 Å². The number of pyridine rings is 1. The molecule has 0 aliphatic carbocycles. The van der Waals surface area contributed by atoms with E-state index >= 15 is 0 Å². The number of aryl methyl sites for hydroxylation is 3. The fraction of sp³-hybridized carbons (Fsp3) is 0.400. The zero-order valence-electron chi connectivity index (χ0n) is 18.4. The summed E-state index contributed by atoms with van der Waals surface area (Å²) < 4.78 is 1.76. The number of carbonyl (C=O) groups excluding carboxylic acids is 1. The lowest BCUT2D eigenvalue weighted by molar-refractivity contribution is 0.0705. The molecule has 1 aromatic carbocycles. The smallest absolute Gasteiger partial charge is 0.257 e. The van der Waals surface area contributed by atoms with Crippen molar-refractivity contribution in [1.29, 1.82) is 0 Å². The summed E-state index contributed by atoms with van der Waals surface area (Å²) in [5, 5.41) is 4.24. The molecule has 0 spiro atoms. The lowest BCUT2D eigenvalue weighted by Crippen LogP contribution is -2.39. The Hall–Kier alpha value is -2.95. The molecule has 30 heavy (non-hydrogen) atoms. The van der Waals surface area contributed by atoms with Gasteiger partial charge in [0.05, 0.1) is 11.8 Å². The molecular formula is C25H30N4O. The molecule has 0 N–H and O–H groups in total. The van der Waals surface area contributed by atoms with Gasteiger partial charge in [0, 0.05) is 43.1 Å². The Morgan fingerprint density at radius 3 is 2.70 bits per heavy atom. The number of benzene rings is 1. The van der Waals surface area contributed by atoms with Gasteiger partial charge < -0.3 is 4.90 Å². The molecule has 0 unspecified atom stereocenters. The normalized spacial score (nSPS) is 16.7. The summed E-state index contributed by atoms with van der Waals surface area (Å²) in [6.07, 6.45) is 4.66. The minimum Gasteiger partial charge on any atom is -0.338 e. The van der Waals surface area contributed by atoms with Crippen LogP contribution in [0.3, 0.4) is 0 Å². The number of aromatic nitrogens is 3. The van der Waals surface area contributed by atoms with Crippen LogP contribution in [0.25, 0.3) is 0 Å². The molecule has 4 rings (SSSR count). The molecular weight excluding hydrogens is 372 g/mol. The Labute approximate surface area is 178 Å². The number of hydrogen-bond acceptors (Lipinski definition) is 3. The number of likely N-dealkylation sites (tertiary alicyclic amines) is 1. The Kier molecular flexibility index (Phi) is 5.71. The summed E-state index contributed by atoms with van der Waals surface area (Å²) in [5.74, 6) is 0.355. The average Bonchev–Trinajstić information content (AvgIpc) is 3.06. The highest BCUT2D eigenvalue weighted by molar-refractivity contribution is 5.95. The monoisotopic (exact) mass is 402 g/mol. The second-order valence-corrected chi connectivity index (χ2v) is 8.57. The van der Waals surface area contributed by atoms with Crippen molar-refractivity contribution in [3.8, 4) is 0 Å². The minimum absolute atomic E-state index is 0.0814.